The predicted octanol–water partition coefficient (Wildman–Crippen LogP) is 0.526. The Kier molecular flexibility index (Phi) is 0.929. The van der Waals surface area contributed by atoms with Crippen molar-refractivity contribution in [1.29, 1.82) is 0 Å². The molecule has 1 fully saturated rings. The third kappa shape index (κ3) is 0.856. The number of esters is 1. The molecule has 2 heteroatoms. The van der Waals surface area contributed by atoms with Gasteiger partial charge in [0.05, 0.1) is 0 Å². The molecule has 2 nitrogen and oxygen atoms in total. The second kappa shape index (κ2) is 1.45. The number of hydrogen-bond donors (Lipinski definition) is 0. The summed E-state index contributed by atoms with van der Waals surface area (Å²) in [5.41, 5.74) is 0. The van der Waals surface area contributed by atoms with Crippen molar-refractivity contribution in [3.8, 4) is 0 Å². The van der Waals surface area contributed by atoms with Crippen molar-refractivity contribution in [2.45, 2.75) is 19.4 Å². The average Bonchev–Trinajstić information content (AvgIpc) is 1.87. The van der Waals surface area contributed by atoms with Crippen LogP contribution in [0.15, 0.2) is 0 Å². The van der Waals surface area contributed by atoms with Gasteiger partial charge in [-0.05, 0) is 0 Å². The Labute approximate surface area is 42.5 Å². The van der Waals surface area contributed by atoms with E-state index in [2.05, 4.69) is 4.74 Å². The first kappa shape index (κ1) is 4.50. The highest BCUT2D eigenvalue weighted by atomic mass is 16.5. The van der Waals surface area contributed by atoms with E-state index in [1.54, 1.807) is 0 Å². The number of carbonyl (C=O) groups is 1. The summed E-state index contributed by atoms with van der Waals surface area (Å²) in [7, 11) is 0. The quantitative estimate of drug-likeness (QED) is 0.327. The molecule has 0 radical (unpaired) electrons. The molecule has 0 aromatic carbocycles. The highest BCUT2D eigenvalue weighted by Crippen LogP contribution is 2.09. The maximum absolute atomic E-state index is 10.2. The number of ether oxygens (including phenoxy) is 1. The van der Waals surface area contributed by atoms with Gasteiger partial charge < -0.3 is 4.74 Å². The van der Waals surface area contributed by atoms with Crippen molar-refractivity contribution in [2.75, 3.05) is 0 Å². The van der Waals surface area contributed by atoms with Crippen LogP contribution in [-0.2, 0) is 9.53 Å². The minimum Gasteiger partial charge on any atom is -0.418 e. The second-order valence-electron chi connectivity index (χ2n) is 1.63. The molecule has 1 heterocycles. The van der Waals surface area contributed by atoms with Crippen LogP contribution in [0.4, 0.5) is 0 Å². The molecule has 1 aliphatic rings. The molecular formula is C5H7O2+. The van der Waals surface area contributed by atoms with Crippen molar-refractivity contribution < 1.29 is 9.53 Å². The van der Waals surface area contributed by atoms with Crippen LogP contribution in [-0.4, -0.2) is 12.1 Å². The summed E-state index contributed by atoms with van der Waals surface area (Å²) in [6.45, 7) is 1.85. The smallest absolute Gasteiger partial charge is 0.355 e. The van der Waals surface area contributed by atoms with Crippen molar-refractivity contribution >= 4 is 5.97 Å². The van der Waals surface area contributed by atoms with E-state index in [-0.39, 0.29) is 12.1 Å². The minimum atomic E-state index is -0.104. The third-order valence-electron chi connectivity index (χ3n) is 0.934. The van der Waals surface area contributed by atoms with E-state index < -0.39 is 0 Å². The van der Waals surface area contributed by atoms with E-state index >= 15 is 0 Å². The fourth-order valence-electron chi connectivity index (χ4n) is 0.566. The summed E-state index contributed by atoms with van der Waals surface area (Å²) in [4.78, 5) is 10.2. The first-order chi connectivity index (χ1) is 3.29. The van der Waals surface area contributed by atoms with Crippen molar-refractivity contribution in [2.24, 2.45) is 0 Å². The summed E-state index contributed by atoms with van der Waals surface area (Å²) < 4.78 is 4.67. The minimum absolute atomic E-state index is 0.0486. The van der Waals surface area contributed by atoms with E-state index in [1.807, 2.05) is 13.3 Å². The molecule has 38 valence electrons. The summed E-state index contributed by atoms with van der Waals surface area (Å²) in [5.74, 6) is -0.104. The Morgan fingerprint density at radius 2 is 2.71 bits per heavy atom. The summed E-state index contributed by atoms with van der Waals surface area (Å²) in [6.07, 6.45) is 2.39. The van der Waals surface area contributed by atoms with Gasteiger partial charge in [-0.15, -0.1) is 0 Å². The Hall–Kier alpha value is -0.660. The molecule has 1 saturated heterocycles. The molecule has 1 atom stereocenters. The van der Waals surface area contributed by atoms with Crippen LogP contribution in [0.3, 0.4) is 0 Å². The Morgan fingerprint density at radius 3 is 2.86 bits per heavy atom. The molecule has 7 heavy (non-hydrogen) atoms. The molecule has 0 aliphatic carbocycles. The highest BCUT2D eigenvalue weighted by molar-refractivity contribution is 5.73. The van der Waals surface area contributed by atoms with Gasteiger partial charge in [-0.1, -0.05) is 0 Å². The van der Waals surface area contributed by atoms with Gasteiger partial charge >= 0.3 is 5.97 Å². The van der Waals surface area contributed by atoms with Gasteiger partial charge in [0.15, 0.2) is 6.42 Å². The molecule has 0 spiro atoms. The van der Waals surface area contributed by atoms with E-state index in [9.17, 15) is 4.79 Å². The van der Waals surface area contributed by atoms with Crippen molar-refractivity contribution in [3.63, 3.8) is 0 Å². The zero-order valence-corrected chi connectivity index (χ0v) is 4.18. The van der Waals surface area contributed by atoms with Crippen LogP contribution in [0.1, 0.15) is 13.3 Å². The lowest BCUT2D eigenvalue weighted by atomic mass is 10.3. The molecule has 1 aliphatic heterocycles. The third-order valence-corrected chi connectivity index (χ3v) is 0.934. The first-order valence-electron chi connectivity index (χ1n) is 2.32. The monoisotopic (exact) mass is 99.0 g/mol. The average molecular weight is 99.1 g/mol. The van der Waals surface area contributed by atoms with Crippen molar-refractivity contribution in [1.82, 2.24) is 0 Å². The summed E-state index contributed by atoms with van der Waals surface area (Å²) >= 11 is 0. The van der Waals surface area contributed by atoms with Gasteiger partial charge in [0, 0.05) is 6.92 Å². The normalized spacial score (nSPS) is 29.3. The molecule has 1 unspecified atom stereocenters. The van der Waals surface area contributed by atoms with Gasteiger partial charge in [0.1, 0.15) is 6.42 Å². The van der Waals surface area contributed by atoms with Gasteiger partial charge in [-0.2, -0.15) is 0 Å². The maximum atomic E-state index is 10.2. The maximum Gasteiger partial charge on any atom is 0.355 e. The number of rotatable bonds is 0. The van der Waals surface area contributed by atoms with E-state index in [0.717, 1.165) is 0 Å². The van der Waals surface area contributed by atoms with Crippen LogP contribution < -0.4 is 0 Å². The molecule has 0 N–H and O–H groups in total. The van der Waals surface area contributed by atoms with Crippen LogP contribution in [0, 0.1) is 6.42 Å². The molecular weight excluding hydrogens is 92.1 g/mol. The fraction of sp³-hybridized carbons (Fsp3) is 0.600. The van der Waals surface area contributed by atoms with Gasteiger partial charge in [0.25, 0.3) is 0 Å². The van der Waals surface area contributed by atoms with E-state index in [4.69, 9.17) is 0 Å². The van der Waals surface area contributed by atoms with Crippen LogP contribution >= 0.6 is 0 Å². The molecule has 1 rings (SSSR count). The lowest BCUT2D eigenvalue weighted by Gasteiger charge is -1.87. The molecule has 0 saturated carbocycles. The van der Waals surface area contributed by atoms with Crippen LogP contribution in [0.2, 0.25) is 0 Å². The van der Waals surface area contributed by atoms with Crippen LogP contribution in [0.25, 0.3) is 0 Å². The molecule has 0 aromatic rings. The highest BCUT2D eigenvalue weighted by Gasteiger charge is 2.27. The Bertz CT molecular complexity index is 88.1. The van der Waals surface area contributed by atoms with E-state index in [1.165, 1.54) is 0 Å². The second-order valence-corrected chi connectivity index (χ2v) is 1.63. The first-order valence-corrected chi connectivity index (χ1v) is 2.32. The predicted molar refractivity (Wildman–Crippen MR) is 24.5 cm³/mol. The number of hydrogen-bond acceptors (Lipinski definition) is 2. The van der Waals surface area contributed by atoms with Gasteiger partial charge in [-0.25, -0.2) is 4.79 Å². The molecule has 0 aromatic heterocycles. The summed E-state index contributed by atoms with van der Waals surface area (Å²) in [6, 6.07) is 0. The lowest BCUT2D eigenvalue weighted by Crippen LogP contribution is -1.99. The Balaban J connectivity index is 2.40. The zero-order valence-electron chi connectivity index (χ0n) is 4.18. The molecule has 0 amide bonds. The topological polar surface area (TPSA) is 26.3 Å². The van der Waals surface area contributed by atoms with E-state index in [0.29, 0.717) is 6.42 Å². The van der Waals surface area contributed by atoms with Gasteiger partial charge in [-0.3, -0.25) is 0 Å². The van der Waals surface area contributed by atoms with Gasteiger partial charge in [0.2, 0.25) is 6.10 Å². The van der Waals surface area contributed by atoms with Crippen molar-refractivity contribution in [3.05, 3.63) is 6.42 Å². The van der Waals surface area contributed by atoms with Crippen LogP contribution in [0.5, 0.6) is 0 Å². The fourth-order valence-corrected chi connectivity index (χ4v) is 0.566. The number of carbonyl (C=O) groups excluding carboxylic acids is 1. The zero-order chi connectivity index (χ0) is 5.28. The largest absolute Gasteiger partial charge is 0.418 e. The molecule has 0 bridgehead atoms. The standard InChI is InChI=1S/C5H7O2/c1-4-2-3-5(6)7-4/h2,4H,3H2,1H3/q+1. The Morgan fingerprint density at radius 1 is 2.00 bits per heavy atom. The summed E-state index contributed by atoms with van der Waals surface area (Å²) in [5, 5.41) is 0. The number of cyclic esters (lactones) is 1. The SMILES string of the molecule is CC1[CH+]CC(=O)O1. The lowest BCUT2D eigenvalue weighted by molar-refractivity contribution is -0.140.